The van der Waals surface area contributed by atoms with Crippen molar-refractivity contribution in [3.05, 3.63) is 17.5 Å². The molecule has 0 bridgehead atoms. The van der Waals surface area contributed by atoms with E-state index in [1.165, 1.54) is 12.8 Å². The standard InChI is InChI=1S/C15H23N3O2/c1-11-4-7-18(8-5-11)9-6-16-15(19)13-10-14(20-17-13)12-2-3-12/h10-12H,2-9H2,1H3,(H,16,19). The number of nitrogens with zero attached hydrogens (tertiary/aromatic N) is 2. The highest BCUT2D eigenvalue weighted by atomic mass is 16.5. The summed E-state index contributed by atoms with van der Waals surface area (Å²) >= 11 is 0. The van der Waals surface area contributed by atoms with E-state index >= 15 is 0 Å². The van der Waals surface area contributed by atoms with Crippen molar-refractivity contribution in [1.29, 1.82) is 0 Å². The van der Waals surface area contributed by atoms with Crippen molar-refractivity contribution in [3.63, 3.8) is 0 Å². The molecule has 5 nitrogen and oxygen atoms in total. The van der Waals surface area contributed by atoms with E-state index in [9.17, 15) is 4.79 Å². The summed E-state index contributed by atoms with van der Waals surface area (Å²) in [5.41, 5.74) is 0.416. The second-order valence-electron chi connectivity index (χ2n) is 6.17. The Morgan fingerprint density at radius 1 is 1.40 bits per heavy atom. The zero-order valence-corrected chi connectivity index (χ0v) is 12.1. The van der Waals surface area contributed by atoms with Gasteiger partial charge in [-0.25, -0.2) is 0 Å². The number of nitrogens with one attached hydrogen (secondary N) is 1. The van der Waals surface area contributed by atoms with Crippen LogP contribution < -0.4 is 5.32 Å². The first-order valence-corrected chi connectivity index (χ1v) is 7.69. The predicted octanol–water partition coefficient (Wildman–Crippen LogP) is 2.01. The van der Waals surface area contributed by atoms with E-state index in [1.54, 1.807) is 6.07 Å². The zero-order chi connectivity index (χ0) is 13.9. The average Bonchev–Trinajstić information content (AvgIpc) is 3.18. The monoisotopic (exact) mass is 277 g/mol. The molecule has 2 fully saturated rings. The Morgan fingerprint density at radius 2 is 2.15 bits per heavy atom. The Labute approximate surface area is 119 Å². The van der Waals surface area contributed by atoms with Gasteiger partial charge in [0, 0.05) is 25.1 Å². The van der Waals surface area contributed by atoms with E-state index in [0.29, 0.717) is 18.2 Å². The molecule has 1 saturated heterocycles. The number of hydrogen-bond acceptors (Lipinski definition) is 4. The van der Waals surface area contributed by atoms with Crippen LogP contribution in [0.3, 0.4) is 0 Å². The van der Waals surface area contributed by atoms with Crippen LogP contribution in [0.25, 0.3) is 0 Å². The Morgan fingerprint density at radius 3 is 2.85 bits per heavy atom. The summed E-state index contributed by atoms with van der Waals surface area (Å²) in [5, 5.41) is 6.78. The van der Waals surface area contributed by atoms with Crippen molar-refractivity contribution in [2.24, 2.45) is 5.92 Å². The summed E-state index contributed by atoms with van der Waals surface area (Å²) in [6.45, 7) is 6.20. The van der Waals surface area contributed by atoms with E-state index in [4.69, 9.17) is 4.52 Å². The number of hydrogen-bond donors (Lipinski definition) is 1. The first kappa shape index (κ1) is 13.6. The fourth-order valence-electron chi connectivity index (χ4n) is 2.66. The molecule has 0 radical (unpaired) electrons. The lowest BCUT2D eigenvalue weighted by Gasteiger charge is -2.30. The van der Waals surface area contributed by atoms with Gasteiger partial charge < -0.3 is 14.7 Å². The fraction of sp³-hybridized carbons (Fsp3) is 0.733. The zero-order valence-electron chi connectivity index (χ0n) is 12.1. The molecule has 5 heteroatoms. The predicted molar refractivity (Wildman–Crippen MR) is 75.6 cm³/mol. The minimum atomic E-state index is -0.119. The summed E-state index contributed by atoms with van der Waals surface area (Å²) in [5.74, 6) is 2.09. The minimum absolute atomic E-state index is 0.119. The van der Waals surface area contributed by atoms with Crippen molar-refractivity contribution >= 4 is 5.91 Å². The molecular weight excluding hydrogens is 254 g/mol. The number of carbonyl (C=O) groups excluding carboxylic acids is 1. The average molecular weight is 277 g/mol. The van der Waals surface area contributed by atoms with Crippen molar-refractivity contribution in [3.8, 4) is 0 Å². The van der Waals surface area contributed by atoms with Gasteiger partial charge >= 0.3 is 0 Å². The number of aromatic nitrogens is 1. The van der Waals surface area contributed by atoms with Gasteiger partial charge in [-0.15, -0.1) is 0 Å². The van der Waals surface area contributed by atoms with Gasteiger partial charge in [-0.3, -0.25) is 4.79 Å². The third-order valence-corrected chi connectivity index (χ3v) is 4.33. The van der Waals surface area contributed by atoms with Gasteiger partial charge in [0.2, 0.25) is 0 Å². The van der Waals surface area contributed by atoms with Crippen LogP contribution in [-0.2, 0) is 0 Å². The van der Waals surface area contributed by atoms with Gasteiger partial charge in [0.25, 0.3) is 5.91 Å². The van der Waals surface area contributed by atoms with E-state index in [1.807, 2.05) is 0 Å². The van der Waals surface area contributed by atoms with Crippen LogP contribution in [0.1, 0.15) is 54.8 Å². The molecule has 0 spiro atoms. The highest BCUT2D eigenvalue weighted by Gasteiger charge is 2.28. The van der Waals surface area contributed by atoms with Gasteiger partial charge in [-0.05, 0) is 44.7 Å². The maximum Gasteiger partial charge on any atom is 0.273 e. The first-order chi connectivity index (χ1) is 9.72. The largest absolute Gasteiger partial charge is 0.360 e. The van der Waals surface area contributed by atoms with Crippen LogP contribution in [0.4, 0.5) is 0 Å². The van der Waals surface area contributed by atoms with E-state index in [-0.39, 0.29) is 5.91 Å². The van der Waals surface area contributed by atoms with Gasteiger partial charge in [0.1, 0.15) is 5.76 Å². The van der Waals surface area contributed by atoms with Crippen LogP contribution in [0.15, 0.2) is 10.6 Å². The molecule has 1 aliphatic carbocycles. The number of amides is 1. The van der Waals surface area contributed by atoms with Crippen LogP contribution in [0.5, 0.6) is 0 Å². The van der Waals surface area contributed by atoms with Crippen molar-refractivity contribution in [2.45, 2.75) is 38.5 Å². The topological polar surface area (TPSA) is 58.4 Å². The van der Waals surface area contributed by atoms with Crippen LogP contribution in [0.2, 0.25) is 0 Å². The Hall–Kier alpha value is -1.36. The quantitative estimate of drug-likeness (QED) is 0.894. The number of carbonyl (C=O) groups is 1. The van der Waals surface area contributed by atoms with Gasteiger partial charge in [-0.1, -0.05) is 12.1 Å². The molecule has 0 atom stereocenters. The minimum Gasteiger partial charge on any atom is -0.360 e. The van der Waals surface area contributed by atoms with Crippen molar-refractivity contribution < 1.29 is 9.32 Å². The maximum atomic E-state index is 11.9. The second kappa shape index (κ2) is 5.95. The first-order valence-electron chi connectivity index (χ1n) is 7.69. The lowest BCUT2D eigenvalue weighted by atomic mass is 9.99. The van der Waals surface area contributed by atoms with Crippen molar-refractivity contribution in [1.82, 2.24) is 15.4 Å². The second-order valence-corrected chi connectivity index (χ2v) is 6.17. The van der Waals surface area contributed by atoms with Crippen LogP contribution >= 0.6 is 0 Å². The third kappa shape index (κ3) is 3.39. The number of rotatable bonds is 5. The number of piperidine rings is 1. The molecular formula is C15H23N3O2. The van der Waals surface area contributed by atoms with E-state index in [2.05, 4.69) is 22.3 Å². The molecule has 3 rings (SSSR count). The summed E-state index contributed by atoms with van der Waals surface area (Å²) in [6, 6.07) is 1.79. The Bertz CT molecular complexity index is 459. The van der Waals surface area contributed by atoms with E-state index in [0.717, 1.165) is 44.2 Å². The molecule has 1 aliphatic heterocycles. The summed E-state index contributed by atoms with van der Waals surface area (Å²) in [6.07, 6.45) is 4.84. The summed E-state index contributed by atoms with van der Waals surface area (Å²) < 4.78 is 5.20. The summed E-state index contributed by atoms with van der Waals surface area (Å²) in [7, 11) is 0. The van der Waals surface area contributed by atoms with Crippen molar-refractivity contribution in [2.75, 3.05) is 26.2 Å². The fourth-order valence-corrected chi connectivity index (χ4v) is 2.66. The molecule has 1 N–H and O–H groups in total. The summed E-state index contributed by atoms with van der Waals surface area (Å²) in [4.78, 5) is 14.4. The molecule has 1 saturated carbocycles. The molecule has 20 heavy (non-hydrogen) atoms. The highest BCUT2D eigenvalue weighted by molar-refractivity contribution is 5.92. The van der Waals surface area contributed by atoms with E-state index < -0.39 is 0 Å². The normalized spacial score (nSPS) is 21.1. The lowest BCUT2D eigenvalue weighted by molar-refractivity contribution is 0.0935. The smallest absolute Gasteiger partial charge is 0.273 e. The SMILES string of the molecule is CC1CCN(CCNC(=O)c2cc(C3CC3)on2)CC1. The van der Waals surface area contributed by atoms with Gasteiger partial charge in [0.05, 0.1) is 0 Å². The molecule has 2 heterocycles. The number of likely N-dealkylation sites (tertiary alicyclic amines) is 1. The van der Waals surface area contributed by atoms with Crippen LogP contribution in [-0.4, -0.2) is 42.1 Å². The molecule has 0 aromatic carbocycles. The Balaban J connectivity index is 1.40. The molecule has 2 aliphatic rings. The van der Waals surface area contributed by atoms with Gasteiger partial charge in [0.15, 0.2) is 5.69 Å². The molecule has 0 unspecified atom stereocenters. The van der Waals surface area contributed by atoms with Crippen LogP contribution in [0, 0.1) is 5.92 Å². The molecule has 1 aromatic heterocycles. The molecule has 110 valence electrons. The highest BCUT2D eigenvalue weighted by Crippen LogP contribution is 2.40. The lowest BCUT2D eigenvalue weighted by Crippen LogP contribution is -2.39. The Kier molecular flexibility index (Phi) is 4.05. The van der Waals surface area contributed by atoms with Gasteiger partial charge in [-0.2, -0.15) is 0 Å². The molecule has 1 amide bonds. The third-order valence-electron chi connectivity index (χ3n) is 4.33. The maximum absolute atomic E-state index is 11.9. The molecule has 1 aromatic rings.